The molecule has 0 bridgehead atoms. The first-order valence-electron chi connectivity index (χ1n) is 4.45. The Hall–Kier alpha value is -1.98. The van der Waals surface area contributed by atoms with Gasteiger partial charge in [-0.25, -0.2) is 4.39 Å². The predicted octanol–water partition coefficient (Wildman–Crippen LogP) is 2.10. The van der Waals surface area contributed by atoms with Crippen molar-refractivity contribution in [2.45, 2.75) is 19.3 Å². The van der Waals surface area contributed by atoms with Crippen LogP contribution in [0.25, 0.3) is 0 Å². The summed E-state index contributed by atoms with van der Waals surface area (Å²) in [5.74, 6) is -2.21. The van der Waals surface area contributed by atoms with Crippen LogP contribution in [0.15, 0.2) is 18.2 Å². The van der Waals surface area contributed by atoms with Crippen LogP contribution in [0.4, 0.5) is 10.1 Å². The normalized spacial score (nSPS) is 11.2. The van der Waals surface area contributed by atoms with E-state index in [-0.39, 0.29) is 0 Å². The Morgan fingerprint density at radius 1 is 1.50 bits per heavy atom. The molecule has 0 spiro atoms. The summed E-state index contributed by atoms with van der Waals surface area (Å²) in [6.45, 7) is 2.45. The van der Waals surface area contributed by atoms with Gasteiger partial charge < -0.3 is 5.11 Å². The lowest BCUT2D eigenvalue weighted by Crippen LogP contribution is -2.30. The Morgan fingerprint density at radius 3 is 2.50 bits per heavy atom. The second kappa shape index (κ2) is 3.88. The molecule has 6 heteroatoms. The Bertz CT molecular complexity index is 456. The first-order valence-corrected chi connectivity index (χ1v) is 4.45. The number of carbonyl (C=O) groups is 1. The molecule has 0 fully saturated rings. The van der Waals surface area contributed by atoms with Crippen LogP contribution in [0.1, 0.15) is 19.4 Å². The van der Waals surface area contributed by atoms with Gasteiger partial charge in [-0.05, 0) is 19.9 Å². The van der Waals surface area contributed by atoms with Gasteiger partial charge in [0.2, 0.25) is 0 Å². The average molecular weight is 227 g/mol. The van der Waals surface area contributed by atoms with Crippen LogP contribution < -0.4 is 0 Å². The van der Waals surface area contributed by atoms with Crippen molar-refractivity contribution in [3.05, 3.63) is 39.7 Å². The Morgan fingerprint density at radius 2 is 2.06 bits per heavy atom. The molecular weight excluding hydrogens is 217 g/mol. The summed E-state index contributed by atoms with van der Waals surface area (Å²) in [5, 5.41) is 19.6. The fraction of sp³-hybridized carbons (Fsp3) is 0.300. The number of rotatable bonds is 3. The van der Waals surface area contributed by atoms with Gasteiger partial charge in [-0.2, -0.15) is 0 Å². The van der Waals surface area contributed by atoms with Gasteiger partial charge in [0, 0.05) is 6.07 Å². The molecule has 1 aromatic rings. The number of nitrogens with zero attached hydrogens (tertiary/aromatic N) is 1. The van der Waals surface area contributed by atoms with Crippen molar-refractivity contribution >= 4 is 11.7 Å². The van der Waals surface area contributed by atoms with Crippen molar-refractivity contribution in [1.29, 1.82) is 0 Å². The zero-order valence-electron chi connectivity index (χ0n) is 8.73. The molecule has 5 nitrogen and oxygen atoms in total. The lowest BCUT2D eigenvalue weighted by molar-refractivity contribution is -0.386. The molecule has 0 atom stereocenters. The number of hydrogen-bond donors (Lipinski definition) is 1. The molecule has 0 amide bonds. The van der Waals surface area contributed by atoms with E-state index in [9.17, 15) is 19.3 Å². The first-order chi connectivity index (χ1) is 7.28. The number of aliphatic carboxylic acids is 1. The lowest BCUT2D eigenvalue weighted by Gasteiger charge is -2.19. The summed E-state index contributed by atoms with van der Waals surface area (Å²) in [6.07, 6.45) is 0. The van der Waals surface area contributed by atoms with Crippen molar-refractivity contribution in [3.8, 4) is 0 Å². The van der Waals surface area contributed by atoms with Crippen molar-refractivity contribution in [1.82, 2.24) is 0 Å². The third kappa shape index (κ3) is 1.86. The molecule has 0 aliphatic carbocycles. The molecule has 0 unspecified atom stereocenters. The van der Waals surface area contributed by atoms with Gasteiger partial charge in [0.05, 0.1) is 15.9 Å². The van der Waals surface area contributed by atoms with Gasteiger partial charge >= 0.3 is 5.97 Å². The standard InChI is InChI=1S/C10H10FNO4/c1-10(2,9(13)14)8-6(11)4-3-5-7(8)12(15)16/h3-5H,1-2H3,(H,13,14). The fourth-order valence-electron chi connectivity index (χ4n) is 1.39. The second-order valence-corrected chi connectivity index (χ2v) is 3.82. The van der Waals surface area contributed by atoms with E-state index < -0.39 is 33.4 Å². The largest absolute Gasteiger partial charge is 0.481 e. The quantitative estimate of drug-likeness (QED) is 0.633. The molecule has 1 aromatic carbocycles. The van der Waals surface area contributed by atoms with Gasteiger partial charge in [-0.1, -0.05) is 6.07 Å². The summed E-state index contributed by atoms with van der Waals surface area (Å²) in [5.41, 5.74) is -2.58. The van der Waals surface area contributed by atoms with E-state index in [4.69, 9.17) is 5.11 Å². The summed E-state index contributed by atoms with van der Waals surface area (Å²) < 4.78 is 13.5. The average Bonchev–Trinajstić information content (AvgIpc) is 2.16. The topological polar surface area (TPSA) is 80.4 Å². The molecular formula is C10H10FNO4. The van der Waals surface area contributed by atoms with Gasteiger partial charge in [-0.15, -0.1) is 0 Å². The number of carboxylic acids is 1. The van der Waals surface area contributed by atoms with E-state index in [0.717, 1.165) is 12.1 Å². The zero-order valence-corrected chi connectivity index (χ0v) is 8.73. The zero-order chi connectivity index (χ0) is 12.5. The molecule has 86 valence electrons. The molecule has 1 rings (SSSR count). The van der Waals surface area contributed by atoms with Crippen molar-refractivity contribution in [2.24, 2.45) is 0 Å². The van der Waals surface area contributed by atoms with Crippen molar-refractivity contribution < 1.29 is 19.2 Å². The van der Waals surface area contributed by atoms with Crippen LogP contribution in [-0.2, 0) is 10.2 Å². The third-order valence-corrected chi connectivity index (χ3v) is 2.35. The Kier molecular flexibility index (Phi) is 2.93. The highest BCUT2D eigenvalue weighted by Gasteiger charge is 2.38. The molecule has 1 N–H and O–H groups in total. The van der Waals surface area contributed by atoms with Gasteiger partial charge in [0.15, 0.2) is 0 Å². The van der Waals surface area contributed by atoms with Gasteiger partial charge in [0.1, 0.15) is 5.82 Å². The minimum absolute atomic E-state index is 0.410. The van der Waals surface area contributed by atoms with Crippen molar-refractivity contribution in [3.63, 3.8) is 0 Å². The lowest BCUT2D eigenvalue weighted by atomic mass is 9.83. The number of nitro groups is 1. The highest BCUT2D eigenvalue weighted by molar-refractivity contribution is 5.82. The van der Waals surface area contributed by atoms with E-state index in [1.165, 1.54) is 19.9 Å². The minimum atomic E-state index is -1.65. The number of carboxylic acid groups (broad SMARTS) is 1. The molecule has 0 aliphatic rings. The molecule has 0 aliphatic heterocycles. The number of hydrogen-bond acceptors (Lipinski definition) is 3. The van der Waals surface area contributed by atoms with Crippen molar-refractivity contribution in [2.75, 3.05) is 0 Å². The van der Waals surface area contributed by atoms with E-state index in [2.05, 4.69) is 0 Å². The van der Waals surface area contributed by atoms with Crippen LogP contribution >= 0.6 is 0 Å². The second-order valence-electron chi connectivity index (χ2n) is 3.82. The van der Waals surface area contributed by atoms with E-state index >= 15 is 0 Å². The molecule has 0 heterocycles. The van der Waals surface area contributed by atoms with Crippen LogP contribution in [0, 0.1) is 15.9 Å². The molecule has 0 saturated heterocycles. The van der Waals surface area contributed by atoms with Crippen LogP contribution in [-0.4, -0.2) is 16.0 Å². The maximum absolute atomic E-state index is 13.5. The number of nitro benzene ring substituents is 1. The Labute approximate surface area is 90.7 Å². The maximum atomic E-state index is 13.5. The fourth-order valence-corrected chi connectivity index (χ4v) is 1.39. The first kappa shape index (κ1) is 12.1. The van der Waals surface area contributed by atoms with Gasteiger partial charge in [0.25, 0.3) is 5.69 Å². The summed E-state index contributed by atoms with van der Waals surface area (Å²) >= 11 is 0. The van der Waals surface area contributed by atoms with Crippen LogP contribution in [0.2, 0.25) is 0 Å². The molecule has 0 radical (unpaired) electrons. The van der Waals surface area contributed by atoms with Crippen LogP contribution in [0.5, 0.6) is 0 Å². The summed E-state index contributed by atoms with van der Waals surface area (Å²) in [4.78, 5) is 20.9. The maximum Gasteiger partial charge on any atom is 0.313 e. The SMILES string of the molecule is CC(C)(C(=O)O)c1c(F)cccc1[N+](=O)[O-]. The summed E-state index contributed by atoms with van der Waals surface area (Å²) in [7, 11) is 0. The Balaban J connectivity index is 3.54. The van der Waals surface area contributed by atoms with E-state index in [1.54, 1.807) is 0 Å². The molecule has 0 saturated carbocycles. The number of halogens is 1. The van der Waals surface area contributed by atoms with E-state index in [1.807, 2.05) is 0 Å². The van der Waals surface area contributed by atoms with Gasteiger partial charge in [-0.3, -0.25) is 14.9 Å². The van der Waals surface area contributed by atoms with Crippen LogP contribution in [0.3, 0.4) is 0 Å². The highest BCUT2D eigenvalue weighted by Crippen LogP contribution is 2.33. The molecule has 16 heavy (non-hydrogen) atoms. The molecule has 0 aromatic heterocycles. The smallest absolute Gasteiger partial charge is 0.313 e. The third-order valence-electron chi connectivity index (χ3n) is 2.35. The predicted molar refractivity (Wildman–Crippen MR) is 53.7 cm³/mol. The minimum Gasteiger partial charge on any atom is -0.481 e. The number of benzene rings is 1. The highest BCUT2D eigenvalue weighted by atomic mass is 19.1. The summed E-state index contributed by atoms with van der Waals surface area (Å²) in [6, 6.07) is 3.27. The van der Waals surface area contributed by atoms with E-state index in [0.29, 0.717) is 0 Å². The monoisotopic (exact) mass is 227 g/mol.